The van der Waals surface area contributed by atoms with Crippen LogP contribution < -0.4 is 4.90 Å². The lowest BCUT2D eigenvalue weighted by Crippen LogP contribution is -2.33. The Hall–Kier alpha value is -3.81. The average molecular weight is 420 g/mol. The van der Waals surface area contributed by atoms with E-state index in [0.29, 0.717) is 25.5 Å². The molecule has 2 amide bonds. The lowest BCUT2D eigenvalue weighted by molar-refractivity contribution is -0.125. The first kappa shape index (κ1) is 20.5. The Bertz CT molecular complexity index is 1150. The van der Waals surface area contributed by atoms with E-state index in [1.807, 2.05) is 42.2 Å². The molecular formula is C23H24N4O4. The minimum atomic E-state index is -0.974. The van der Waals surface area contributed by atoms with Crippen LogP contribution in [-0.4, -0.2) is 52.0 Å². The van der Waals surface area contributed by atoms with Crippen molar-refractivity contribution in [3.8, 4) is 0 Å². The summed E-state index contributed by atoms with van der Waals surface area (Å²) >= 11 is 0. The molecule has 8 heteroatoms. The van der Waals surface area contributed by atoms with Crippen molar-refractivity contribution in [3.05, 3.63) is 71.8 Å². The maximum Gasteiger partial charge on any atom is 0.407 e. The smallest absolute Gasteiger partial charge is 0.407 e. The molecule has 0 saturated carbocycles. The number of pyridine rings is 1. The highest BCUT2D eigenvalue weighted by Crippen LogP contribution is 2.26. The van der Waals surface area contributed by atoms with Gasteiger partial charge in [0, 0.05) is 55.1 Å². The monoisotopic (exact) mass is 420 g/mol. The van der Waals surface area contributed by atoms with Crippen LogP contribution in [0.15, 0.2) is 59.3 Å². The molecule has 1 N–H and O–H groups in total. The number of benzene rings is 1. The summed E-state index contributed by atoms with van der Waals surface area (Å²) in [6, 6.07) is 11.4. The standard InChI is InChI=1S/C23H24N4O4/c1-16-18-7-3-4-8-19(18)31-20(16)15-25(2)21(28)9-11-26-12-13-27(23(29)30)14-17-6-5-10-24-22(17)26/h3-11H,12-15H2,1-2H3,(H,29,30). The summed E-state index contributed by atoms with van der Waals surface area (Å²) < 4.78 is 5.91. The summed E-state index contributed by atoms with van der Waals surface area (Å²) in [5.41, 5.74) is 2.63. The summed E-state index contributed by atoms with van der Waals surface area (Å²) in [5.74, 6) is 1.23. The van der Waals surface area contributed by atoms with Gasteiger partial charge in [-0.25, -0.2) is 9.78 Å². The van der Waals surface area contributed by atoms with Gasteiger partial charge in [-0.15, -0.1) is 0 Å². The van der Waals surface area contributed by atoms with Crippen molar-refractivity contribution >= 4 is 28.8 Å². The van der Waals surface area contributed by atoms with E-state index < -0.39 is 6.09 Å². The zero-order valence-electron chi connectivity index (χ0n) is 17.5. The molecule has 8 nitrogen and oxygen atoms in total. The van der Waals surface area contributed by atoms with Crippen LogP contribution in [-0.2, 0) is 17.9 Å². The van der Waals surface area contributed by atoms with Crippen molar-refractivity contribution in [2.45, 2.75) is 20.0 Å². The molecule has 0 radical (unpaired) electrons. The number of amides is 2. The van der Waals surface area contributed by atoms with Gasteiger partial charge in [-0.2, -0.15) is 0 Å². The highest BCUT2D eigenvalue weighted by Gasteiger charge is 2.22. The second-order valence-electron chi connectivity index (χ2n) is 7.54. The van der Waals surface area contributed by atoms with E-state index in [0.717, 1.165) is 27.9 Å². The number of carbonyl (C=O) groups excluding carboxylic acids is 1. The Kier molecular flexibility index (Phi) is 5.62. The number of fused-ring (bicyclic) bond motifs is 2. The molecule has 0 spiro atoms. The molecule has 0 fully saturated rings. The molecule has 1 aliphatic rings. The van der Waals surface area contributed by atoms with Gasteiger partial charge in [0.15, 0.2) is 0 Å². The molecule has 1 aliphatic heterocycles. The zero-order valence-corrected chi connectivity index (χ0v) is 17.5. The van der Waals surface area contributed by atoms with Crippen LogP contribution in [0.4, 0.5) is 10.6 Å². The van der Waals surface area contributed by atoms with Gasteiger partial charge in [-0.1, -0.05) is 24.3 Å². The van der Waals surface area contributed by atoms with Gasteiger partial charge in [0.05, 0.1) is 13.1 Å². The molecule has 0 unspecified atom stereocenters. The summed E-state index contributed by atoms with van der Waals surface area (Å²) in [7, 11) is 1.72. The maximum atomic E-state index is 12.7. The molecule has 31 heavy (non-hydrogen) atoms. The fraction of sp³-hybridized carbons (Fsp3) is 0.261. The van der Waals surface area contributed by atoms with Crippen molar-refractivity contribution in [2.75, 3.05) is 25.0 Å². The van der Waals surface area contributed by atoms with Crippen LogP contribution in [0, 0.1) is 6.92 Å². The first-order chi connectivity index (χ1) is 14.9. The Morgan fingerprint density at radius 3 is 2.81 bits per heavy atom. The second kappa shape index (κ2) is 8.51. The molecule has 4 rings (SSSR count). The number of nitrogens with zero attached hydrogens (tertiary/aromatic N) is 4. The first-order valence-corrected chi connectivity index (χ1v) is 10.0. The van der Waals surface area contributed by atoms with Crippen LogP contribution in [0.25, 0.3) is 11.0 Å². The number of aromatic nitrogens is 1. The van der Waals surface area contributed by atoms with E-state index in [4.69, 9.17) is 4.42 Å². The van der Waals surface area contributed by atoms with E-state index in [-0.39, 0.29) is 12.5 Å². The fourth-order valence-corrected chi connectivity index (χ4v) is 3.69. The minimum Gasteiger partial charge on any atom is -0.465 e. The van der Waals surface area contributed by atoms with Gasteiger partial charge in [0.1, 0.15) is 17.2 Å². The summed E-state index contributed by atoms with van der Waals surface area (Å²) in [5, 5.41) is 10.4. The lowest BCUT2D eigenvalue weighted by atomic mass is 10.1. The number of hydrogen-bond acceptors (Lipinski definition) is 5. The minimum absolute atomic E-state index is 0.184. The summed E-state index contributed by atoms with van der Waals surface area (Å²) in [4.78, 5) is 33.3. The predicted molar refractivity (Wildman–Crippen MR) is 117 cm³/mol. The van der Waals surface area contributed by atoms with Gasteiger partial charge >= 0.3 is 6.09 Å². The van der Waals surface area contributed by atoms with Crippen molar-refractivity contribution in [3.63, 3.8) is 0 Å². The van der Waals surface area contributed by atoms with E-state index >= 15 is 0 Å². The SMILES string of the molecule is Cc1c(CN(C)C(=O)C=CN2CCN(C(=O)O)Cc3cccnc32)oc2ccccc12. The molecule has 0 saturated heterocycles. The van der Waals surface area contributed by atoms with Gasteiger partial charge in [-0.3, -0.25) is 4.79 Å². The molecule has 3 heterocycles. The van der Waals surface area contributed by atoms with Crippen LogP contribution >= 0.6 is 0 Å². The molecule has 0 aliphatic carbocycles. The third kappa shape index (κ3) is 4.23. The van der Waals surface area contributed by atoms with E-state index in [1.165, 1.54) is 11.0 Å². The predicted octanol–water partition coefficient (Wildman–Crippen LogP) is 3.61. The lowest BCUT2D eigenvalue weighted by Gasteiger charge is -2.20. The summed E-state index contributed by atoms with van der Waals surface area (Å²) in [6.45, 7) is 3.33. The van der Waals surface area contributed by atoms with Gasteiger partial charge in [0.25, 0.3) is 0 Å². The molecule has 0 bridgehead atoms. The van der Waals surface area contributed by atoms with Crippen LogP contribution in [0.3, 0.4) is 0 Å². The van der Waals surface area contributed by atoms with Crippen LogP contribution in [0.5, 0.6) is 0 Å². The molecule has 3 aromatic rings. The van der Waals surface area contributed by atoms with Crippen molar-refractivity contribution < 1.29 is 19.1 Å². The maximum absolute atomic E-state index is 12.7. The Labute approximate surface area is 180 Å². The van der Waals surface area contributed by atoms with Crippen LogP contribution in [0.1, 0.15) is 16.9 Å². The number of hydrogen-bond donors (Lipinski definition) is 1. The molecular weight excluding hydrogens is 396 g/mol. The Morgan fingerprint density at radius 2 is 2.03 bits per heavy atom. The third-order valence-electron chi connectivity index (χ3n) is 5.48. The number of carboxylic acid groups (broad SMARTS) is 1. The molecule has 2 aromatic heterocycles. The quantitative estimate of drug-likeness (QED) is 0.649. The Morgan fingerprint density at radius 1 is 1.23 bits per heavy atom. The van der Waals surface area contributed by atoms with E-state index in [2.05, 4.69) is 4.98 Å². The van der Waals surface area contributed by atoms with Crippen molar-refractivity contribution in [2.24, 2.45) is 0 Å². The highest BCUT2D eigenvalue weighted by molar-refractivity contribution is 5.88. The van der Waals surface area contributed by atoms with Gasteiger partial charge < -0.3 is 24.2 Å². The van der Waals surface area contributed by atoms with Crippen molar-refractivity contribution in [1.82, 2.24) is 14.8 Å². The second-order valence-corrected chi connectivity index (χ2v) is 7.54. The van der Waals surface area contributed by atoms with E-state index in [9.17, 15) is 14.7 Å². The Balaban J connectivity index is 1.49. The molecule has 160 valence electrons. The largest absolute Gasteiger partial charge is 0.465 e. The van der Waals surface area contributed by atoms with Crippen molar-refractivity contribution in [1.29, 1.82) is 0 Å². The summed E-state index contributed by atoms with van der Waals surface area (Å²) in [6.07, 6.45) is 3.83. The fourth-order valence-electron chi connectivity index (χ4n) is 3.69. The molecule has 0 atom stereocenters. The normalized spacial score (nSPS) is 14.0. The van der Waals surface area contributed by atoms with Gasteiger partial charge in [0.2, 0.25) is 5.91 Å². The third-order valence-corrected chi connectivity index (χ3v) is 5.48. The zero-order chi connectivity index (χ0) is 22.0. The number of anilines is 1. The number of aryl methyl sites for hydroxylation is 1. The number of furan rings is 1. The van der Waals surface area contributed by atoms with E-state index in [1.54, 1.807) is 30.4 Å². The average Bonchev–Trinajstić information content (AvgIpc) is 2.96. The number of para-hydroxylation sites is 1. The molecule has 1 aromatic carbocycles. The van der Waals surface area contributed by atoms with Crippen LogP contribution in [0.2, 0.25) is 0 Å². The van der Waals surface area contributed by atoms with Gasteiger partial charge in [-0.05, 0) is 19.1 Å². The highest BCUT2D eigenvalue weighted by atomic mass is 16.4. The topological polar surface area (TPSA) is 90.1 Å². The number of likely N-dealkylation sites (N-methyl/N-ethyl adjacent to an activating group) is 1. The number of carbonyl (C=O) groups is 2. The first-order valence-electron chi connectivity index (χ1n) is 10.0. The number of rotatable bonds is 4.